The quantitative estimate of drug-likeness (QED) is 0.892. The average molecular weight is 315 g/mol. The molecular weight excluding hydrogens is 294 g/mol. The maximum atomic E-state index is 12.6. The number of aromatic amines is 1. The standard InChI is InChI=1S/C16H21N5O2/c1-10-13-8-12(9-18-15(13)20-19-10)16(23)21-5-3-11(4-6-21)7-14(22)17-2/h8-9,11H,3-7H2,1-2H3,(H,17,22)(H,18,19,20). The lowest BCUT2D eigenvalue weighted by atomic mass is 9.93. The summed E-state index contributed by atoms with van der Waals surface area (Å²) in [4.78, 5) is 30.2. The average Bonchev–Trinajstić information content (AvgIpc) is 2.95. The molecule has 0 radical (unpaired) electrons. The number of rotatable bonds is 3. The Morgan fingerprint density at radius 3 is 2.83 bits per heavy atom. The Morgan fingerprint density at radius 2 is 2.13 bits per heavy atom. The topological polar surface area (TPSA) is 91.0 Å². The molecule has 0 saturated carbocycles. The van der Waals surface area contributed by atoms with E-state index in [9.17, 15) is 9.59 Å². The zero-order chi connectivity index (χ0) is 16.4. The van der Waals surface area contributed by atoms with E-state index in [0.717, 1.165) is 23.9 Å². The van der Waals surface area contributed by atoms with E-state index in [-0.39, 0.29) is 11.8 Å². The molecule has 0 unspecified atom stereocenters. The van der Waals surface area contributed by atoms with E-state index in [4.69, 9.17) is 0 Å². The molecule has 7 heteroatoms. The molecule has 3 heterocycles. The number of nitrogens with one attached hydrogen (secondary N) is 2. The summed E-state index contributed by atoms with van der Waals surface area (Å²) < 4.78 is 0. The van der Waals surface area contributed by atoms with Gasteiger partial charge >= 0.3 is 0 Å². The van der Waals surface area contributed by atoms with Crippen molar-refractivity contribution in [3.05, 3.63) is 23.5 Å². The van der Waals surface area contributed by atoms with Crippen LogP contribution in [0.2, 0.25) is 0 Å². The van der Waals surface area contributed by atoms with Gasteiger partial charge in [0.15, 0.2) is 5.65 Å². The third-order valence-corrected chi connectivity index (χ3v) is 4.50. The van der Waals surface area contributed by atoms with Crippen molar-refractivity contribution in [2.45, 2.75) is 26.2 Å². The largest absolute Gasteiger partial charge is 0.359 e. The molecule has 0 aromatic carbocycles. The molecule has 1 fully saturated rings. The molecule has 23 heavy (non-hydrogen) atoms. The lowest BCUT2D eigenvalue weighted by molar-refractivity contribution is -0.121. The molecule has 3 rings (SSSR count). The van der Waals surface area contributed by atoms with Gasteiger partial charge in [0, 0.05) is 43.8 Å². The summed E-state index contributed by atoms with van der Waals surface area (Å²) in [7, 11) is 1.65. The molecular formula is C16H21N5O2. The number of piperidine rings is 1. The number of pyridine rings is 1. The molecule has 7 nitrogen and oxygen atoms in total. The molecule has 2 N–H and O–H groups in total. The van der Waals surface area contributed by atoms with Gasteiger partial charge in [-0.2, -0.15) is 5.10 Å². The van der Waals surface area contributed by atoms with Crippen LogP contribution in [-0.2, 0) is 4.79 Å². The predicted molar refractivity (Wildman–Crippen MR) is 85.9 cm³/mol. The van der Waals surface area contributed by atoms with Crippen LogP contribution in [0.1, 0.15) is 35.3 Å². The normalized spacial score (nSPS) is 15.8. The highest BCUT2D eigenvalue weighted by molar-refractivity contribution is 5.97. The van der Waals surface area contributed by atoms with E-state index < -0.39 is 0 Å². The number of amides is 2. The highest BCUT2D eigenvalue weighted by Gasteiger charge is 2.25. The highest BCUT2D eigenvalue weighted by Crippen LogP contribution is 2.22. The van der Waals surface area contributed by atoms with Crippen molar-refractivity contribution < 1.29 is 9.59 Å². The van der Waals surface area contributed by atoms with Crippen molar-refractivity contribution in [3.63, 3.8) is 0 Å². The number of H-pyrrole nitrogens is 1. The zero-order valence-corrected chi connectivity index (χ0v) is 13.4. The van der Waals surface area contributed by atoms with Crippen molar-refractivity contribution in [2.24, 2.45) is 5.92 Å². The fourth-order valence-electron chi connectivity index (χ4n) is 3.02. The van der Waals surface area contributed by atoms with E-state index in [1.807, 2.05) is 17.9 Å². The summed E-state index contributed by atoms with van der Waals surface area (Å²) in [6.45, 7) is 3.28. The lowest BCUT2D eigenvalue weighted by Gasteiger charge is -2.31. The number of nitrogens with zero attached hydrogens (tertiary/aromatic N) is 3. The van der Waals surface area contributed by atoms with Crippen molar-refractivity contribution >= 4 is 22.8 Å². The van der Waals surface area contributed by atoms with Crippen molar-refractivity contribution in [1.29, 1.82) is 0 Å². The summed E-state index contributed by atoms with van der Waals surface area (Å²) in [6.07, 6.45) is 3.85. The third kappa shape index (κ3) is 3.18. The second-order valence-electron chi connectivity index (χ2n) is 6.06. The minimum atomic E-state index is -0.00149. The van der Waals surface area contributed by atoms with Gasteiger partial charge in [-0.05, 0) is 31.7 Å². The van der Waals surface area contributed by atoms with Gasteiger partial charge in [0.05, 0.1) is 5.56 Å². The molecule has 1 aliphatic rings. The maximum absolute atomic E-state index is 12.6. The Bertz CT molecular complexity index is 731. The first-order chi connectivity index (χ1) is 11.1. The number of carbonyl (C=O) groups is 2. The number of likely N-dealkylation sites (tertiary alicyclic amines) is 1. The van der Waals surface area contributed by atoms with Crippen molar-refractivity contribution in [2.75, 3.05) is 20.1 Å². The highest BCUT2D eigenvalue weighted by atomic mass is 16.2. The molecule has 1 saturated heterocycles. The zero-order valence-electron chi connectivity index (χ0n) is 13.4. The summed E-state index contributed by atoms with van der Waals surface area (Å²) >= 11 is 0. The number of aromatic nitrogens is 3. The van der Waals surface area contributed by atoms with Crippen LogP contribution in [0.15, 0.2) is 12.3 Å². The molecule has 2 aromatic heterocycles. The number of aryl methyl sites for hydroxylation is 1. The smallest absolute Gasteiger partial charge is 0.255 e. The van der Waals surface area contributed by atoms with Crippen LogP contribution in [-0.4, -0.2) is 52.0 Å². The Balaban J connectivity index is 1.66. The molecule has 1 aliphatic heterocycles. The van der Waals surface area contributed by atoms with E-state index in [1.165, 1.54) is 0 Å². The molecule has 0 atom stereocenters. The lowest BCUT2D eigenvalue weighted by Crippen LogP contribution is -2.39. The van der Waals surface area contributed by atoms with Crippen LogP contribution in [0.25, 0.3) is 11.0 Å². The summed E-state index contributed by atoms with van der Waals surface area (Å²) in [6, 6.07) is 1.85. The first-order valence-electron chi connectivity index (χ1n) is 7.89. The Kier molecular flexibility index (Phi) is 4.27. The van der Waals surface area contributed by atoms with Crippen LogP contribution in [0.3, 0.4) is 0 Å². The number of fused-ring (bicyclic) bond motifs is 1. The van der Waals surface area contributed by atoms with Gasteiger partial charge in [0.25, 0.3) is 5.91 Å². The molecule has 2 aromatic rings. The monoisotopic (exact) mass is 315 g/mol. The van der Waals surface area contributed by atoms with Gasteiger partial charge in [-0.15, -0.1) is 0 Å². The van der Waals surface area contributed by atoms with Crippen LogP contribution >= 0.6 is 0 Å². The number of hydrogen-bond donors (Lipinski definition) is 2. The number of hydrogen-bond acceptors (Lipinski definition) is 4. The first kappa shape index (κ1) is 15.5. The Labute approximate surface area is 134 Å². The van der Waals surface area contributed by atoms with Gasteiger partial charge in [-0.3, -0.25) is 14.7 Å². The fraction of sp³-hybridized carbons (Fsp3) is 0.500. The van der Waals surface area contributed by atoms with E-state index >= 15 is 0 Å². The molecule has 0 bridgehead atoms. The van der Waals surface area contributed by atoms with Crippen LogP contribution in [0.4, 0.5) is 0 Å². The van der Waals surface area contributed by atoms with Crippen molar-refractivity contribution in [1.82, 2.24) is 25.4 Å². The van der Waals surface area contributed by atoms with E-state index in [1.54, 1.807) is 13.2 Å². The van der Waals surface area contributed by atoms with Gasteiger partial charge in [0.2, 0.25) is 5.91 Å². The molecule has 0 aliphatic carbocycles. The summed E-state index contributed by atoms with van der Waals surface area (Å²) in [5, 5.41) is 10.5. The second kappa shape index (κ2) is 6.36. The predicted octanol–water partition coefficient (Wildman–Crippen LogP) is 1.25. The van der Waals surface area contributed by atoms with Gasteiger partial charge in [-0.25, -0.2) is 4.98 Å². The molecule has 0 spiro atoms. The van der Waals surface area contributed by atoms with Gasteiger partial charge in [-0.1, -0.05) is 0 Å². The first-order valence-corrected chi connectivity index (χ1v) is 7.89. The molecule has 122 valence electrons. The Morgan fingerprint density at radius 1 is 1.39 bits per heavy atom. The fourth-order valence-corrected chi connectivity index (χ4v) is 3.02. The third-order valence-electron chi connectivity index (χ3n) is 4.50. The van der Waals surface area contributed by atoms with Gasteiger partial charge in [0.1, 0.15) is 0 Å². The minimum absolute atomic E-state index is 0.00149. The molecule has 2 amide bonds. The van der Waals surface area contributed by atoms with Crippen LogP contribution in [0, 0.1) is 12.8 Å². The van der Waals surface area contributed by atoms with Crippen molar-refractivity contribution in [3.8, 4) is 0 Å². The maximum Gasteiger partial charge on any atom is 0.255 e. The van der Waals surface area contributed by atoms with Gasteiger partial charge < -0.3 is 10.2 Å². The number of carbonyl (C=O) groups excluding carboxylic acids is 2. The Hall–Kier alpha value is -2.44. The summed E-state index contributed by atoms with van der Waals surface area (Å²) in [5.74, 6) is 0.425. The van der Waals surface area contributed by atoms with E-state index in [2.05, 4.69) is 20.5 Å². The minimum Gasteiger partial charge on any atom is -0.359 e. The second-order valence-corrected chi connectivity index (χ2v) is 6.06. The van der Waals surface area contributed by atoms with Crippen LogP contribution < -0.4 is 5.32 Å². The SMILES string of the molecule is CNC(=O)CC1CCN(C(=O)c2cnc3n[nH]c(C)c3c2)CC1. The van der Waals surface area contributed by atoms with Crippen LogP contribution in [0.5, 0.6) is 0 Å². The van der Waals surface area contributed by atoms with E-state index in [0.29, 0.717) is 36.6 Å². The summed E-state index contributed by atoms with van der Waals surface area (Å²) in [5.41, 5.74) is 2.13.